The fourth-order valence-corrected chi connectivity index (χ4v) is 4.20. The molecule has 0 aliphatic rings. The summed E-state index contributed by atoms with van der Waals surface area (Å²) < 4.78 is 31.5. The van der Waals surface area contributed by atoms with Crippen molar-refractivity contribution in [2.45, 2.75) is 33.6 Å². The number of sulfonamides is 1. The third kappa shape index (κ3) is 6.92. The van der Waals surface area contributed by atoms with Crippen molar-refractivity contribution in [2.24, 2.45) is 0 Å². The van der Waals surface area contributed by atoms with Gasteiger partial charge in [-0.2, -0.15) is 0 Å². The van der Waals surface area contributed by atoms with Gasteiger partial charge >= 0.3 is 0 Å². The lowest BCUT2D eigenvalue weighted by Gasteiger charge is -2.24. The Kier molecular flexibility index (Phi) is 8.55. The predicted molar refractivity (Wildman–Crippen MR) is 122 cm³/mol. The van der Waals surface area contributed by atoms with E-state index in [0.717, 1.165) is 23.1 Å². The van der Waals surface area contributed by atoms with Crippen LogP contribution in [-0.2, 0) is 14.8 Å². The number of nitrogens with zero attached hydrogens (tertiary/aromatic N) is 1. The molecule has 2 aromatic carbocycles. The Balaban J connectivity index is 1.82. The first-order valence-corrected chi connectivity index (χ1v) is 12.0. The second kappa shape index (κ2) is 10.7. The van der Waals surface area contributed by atoms with Gasteiger partial charge in [-0.1, -0.05) is 29.8 Å². The molecule has 0 saturated carbocycles. The van der Waals surface area contributed by atoms with Crippen LogP contribution in [0.4, 0.5) is 5.69 Å². The van der Waals surface area contributed by atoms with Crippen LogP contribution in [0, 0.1) is 20.8 Å². The van der Waals surface area contributed by atoms with Gasteiger partial charge in [0, 0.05) is 18.0 Å². The van der Waals surface area contributed by atoms with Gasteiger partial charge in [0.1, 0.15) is 12.4 Å². The number of amides is 1. The van der Waals surface area contributed by atoms with Gasteiger partial charge in [-0.15, -0.1) is 0 Å². The molecule has 0 aromatic heterocycles. The summed E-state index contributed by atoms with van der Waals surface area (Å²) >= 11 is 6.13. The van der Waals surface area contributed by atoms with Crippen LogP contribution in [-0.4, -0.2) is 40.3 Å². The lowest BCUT2D eigenvalue weighted by molar-refractivity contribution is -0.121. The van der Waals surface area contributed by atoms with Crippen molar-refractivity contribution >= 4 is 33.2 Å². The Bertz CT molecular complexity index is 993. The monoisotopic (exact) mass is 452 g/mol. The molecule has 0 unspecified atom stereocenters. The zero-order valence-electron chi connectivity index (χ0n) is 17.9. The minimum Gasteiger partial charge on any atom is -0.491 e. The number of nitrogens with one attached hydrogen (secondary N) is 1. The zero-order chi connectivity index (χ0) is 22.3. The summed E-state index contributed by atoms with van der Waals surface area (Å²) in [5, 5.41) is 3.31. The molecule has 1 amide bonds. The van der Waals surface area contributed by atoms with E-state index in [1.165, 1.54) is 4.31 Å². The number of halogens is 1. The number of carbonyl (C=O) groups is 1. The van der Waals surface area contributed by atoms with Gasteiger partial charge < -0.3 is 10.1 Å². The SMILES string of the molecule is Cc1ccc(C)c(OCCNC(=O)CCCN(c2cccc(Cl)c2C)S(C)(=O)=O)c1. The van der Waals surface area contributed by atoms with Crippen LogP contribution in [0.2, 0.25) is 5.02 Å². The van der Waals surface area contributed by atoms with E-state index in [-0.39, 0.29) is 18.9 Å². The summed E-state index contributed by atoms with van der Waals surface area (Å²) in [6.07, 6.45) is 1.76. The highest BCUT2D eigenvalue weighted by molar-refractivity contribution is 7.92. The smallest absolute Gasteiger partial charge is 0.232 e. The van der Waals surface area contributed by atoms with E-state index >= 15 is 0 Å². The van der Waals surface area contributed by atoms with Crippen LogP contribution in [0.25, 0.3) is 0 Å². The Labute approximate surface area is 184 Å². The quantitative estimate of drug-likeness (QED) is 0.552. The molecule has 6 nitrogen and oxygen atoms in total. The molecule has 0 bridgehead atoms. The summed E-state index contributed by atoms with van der Waals surface area (Å²) in [4.78, 5) is 12.1. The molecule has 0 aliphatic heterocycles. The van der Waals surface area contributed by atoms with Crippen LogP contribution in [0.5, 0.6) is 5.75 Å². The lowest BCUT2D eigenvalue weighted by Crippen LogP contribution is -2.33. The average Bonchev–Trinajstić information content (AvgIpc) is 2.67. The van der Waals surface area contributed by atoms with Crippen LogP contribution in [0.15, 0.2) is 36.4 Å². The normalized spacial score (nSPS) is 11.2. The molecule has 0 saturated heterocycles. The number of benzene rings is 2. The third-order valence-electron chi connectivity index (χ3n) is 4.70. The average molecular weight is 453 g/mol. The van der Waals surface area contributed by atoms with Crippen molar-refractivity contribution in [1.29, 1.82) is 0 Å². The number of hydrogen-bond acceptors (Lipinski definition) is 4. The number of rotatable bonds is 10. The molecule has 2 aromatic rings. The van der Waals surface area contributed by atoms with Gasteiger partial charge in [-0.25, -0.2) is 8.42 Å². The number of aryl methyl sites for hydroxylation is 2. The van der Waals surface area contributed by atoms with Gasteiger partial charge in [-0.3, -0.25) is 9.10 Å². The maximum Gasteiger partial charge on any atom is 0.232 e. The molecule has 164 valence electrons. The standard InChI is InChI=1S/C22H29ClN2O4S/c1-16-10-11-17(2)21(15-16)29-14-12-24-22(26)9-6-13-25(30(4,27)28)20-8-5-7-19(23)18(20)3/h5,7-8,10-11,15H,6,9,12-14H2,1-4H3,(H,24,26). The molecule has 0 heterocycles. The summed E-state index contributed by atoms with van der Waals surface area (Å²) in [5.41, 5.74) is 3.39. The van der Waals surface area contributed by atoms with E-state index in [1.54, 1.807) is 25.1 Å². The maximum absolute atomic E-state index is 12.2. The summed E-state index contributed by atoms with van der Waals surface area (Å²) in [7, 11) is -3.49. The molecule has 30 heavy (non-hydrogen) atoms. The van der Waals surface area contributed by atoms with Gasteiger partial charge in [0.05, 0.1) is 18.5 Å². The summed E-state index contributed by atoms with van der Waals surface area (Å²) in [6, 6.07) is 11.1. The van der Waals surface area contributed by atoms with E-state index < -0.39 is 10.0 Å². The van der Waals surface area contributed by atoms with Crippen LogP contribution in [0.1, 0.15) is 29.5 Å². The van der Waals surface area contributed by atoms with Gasteiger partial charge in [0.25, 0.3) is 0 Å². The Hall–Kier alpha value is -2.25. The van der Waals surface area contributed by atoms with E-state index in [9.17, 15) is 13.2 Å². The van der Waals surface area contributed by atoms with Crippen LogP contribution >= 0.6 is 11.6 Å². The van der Waals surface area contributed by atoms with Gasteiger partial charge in [0.15, 0.2) is 0 Å². The first-order valence-electron chi connectivity index (χ1n) is 9.79. The van der Waals surface area contributed by atoms with E-state index in [1.807, 2.05) is 32.0 Å². The first kappa shape index (κ1) is 24.0. The maximum atomic E-state index is 12.2. The molecule has 0 radical (unpaired) electrons. The van der Waals surface area contributed by atoms with Crippen molar-refractivity contribution in [3.63, 3.8) is 0 Å². The molecule has 1 N–H and O–H groups in total. The van der Waals surface area contributed by atoms with Crippen molar-refractivity contribution in [3.05, 3.63) is 58.1 Å². The minimum absolute atomic E-state index is 0.143. The molecule has 0 aliphatic carbocycles. The van der Waals surface area contributed by atoms with Gasteiger partial charge in [0.2, 0.25) is 15.9 Å². The zero-order valence-corrected chi connectivity index (χ0v) is 19.4. The fourth-order valence-electron chi connectivity index (χ4n) is 3.02. The second-order valence-corrected chi connectivity index (χ2v) is 9.60. The number of hydrogen-bond donors (Lipinski definition) is 1. The molecule has 2 rings (SSSR count). The van der Waals surface area contributed by atoms with Crippen molar-refractivity contribution in [2.75, 3.05) is 30.3 Å². The molecule has 0 atom stereocenters. The highest BCUT2D eigenvalue weighted by Gasteiger charge is 2.20. The molecular formula is C22H29ClN2O4S. The van der Waals surface area contributed by atoms with Gasteiger partial charge in [-0.05, 0) is 62.1 Å². The molecule has 8 heteroatoms. The summed E-state index contributed by atoms with van der Waals surface area (Å²) in [6.45, 7) is 6.70. The molecular weight excluding hydrogens is 424 g/mol. The third-order valence-corrected chi connectivity index (χ3v) is 6.29. The molecule has 0 fully saturated rings. The van der Waals surface area contributed by atoms with E-state index in [0.29, 0.717) is 35.8 Å². The van der Waals surface area contributed by atoms with Crippen molar-refractivity contribution < 1.29 is 17.9 Å². The topological polar surface area (TPSA) is 75.7 Å². The molecule has 0 spiro atoms. The largest absolute Gasteiger partial charge is 0.491 e. The minimum atomic E-state index is -3.49. The predicted octanol–water partition coefficient (Wildman–Crippen LogP) is 4.01. The highest BCUT2D eigenvalue weighted by atomic mass is 35.5. The van der Waals surface area contributed by atoms with Crippen LogP contribution < -0.4 is 14.4 Å². The first-order chi connectivity index (χ1) is 14.1. The van der Waals surface area contributed by atoms with E-state index in [2.05, 4.69) is 5.32 Å². The van der Waals surface area contributed by atoms with Crippen LogP contribution in [0.3, 0.4) is 0 Å². The Morgan fingerprint density at radius 1 is 1.17 bits per heavy atom. The highest BCUT2D eigenvalue weighted by Crippen LogP contribution is 2.28. The van der Waals surface area contributed by atoms with Crippen molar-refractivity contribution in [3.8, 4) is 5.75 Å². The fraction of sp³-hybridized carbons (Fsp3) is 0.409. The Morgan fingerprint density at radius 3 is 2.60 bits per heavy atom. The number of ether oxygens (including phenoxy) is 1. The second-order valence-electron chi connectivity index (χ2n) is 7.29. The lowest BCUT2D eigenvalue weighted by atomic mass is 10.1. The van der Waals surface area contributed by atoms with Crippen molar-refractivity contribution in [1.82, 2.24) is 5.32 Å². The van der Waals surface area contributed by atoms with E-state index in [4.69, 9.17) is 16.3 Å². The summed E-state index contributed by atoms with van der Waals surface area (Å²) in [5.74, 6) is 0.667. The number of anilines is 1. The number of carbonyl (C=O) groups excluding carboxylic acids is 1. The Morgan fingerprint density at radius 2 is 1.90 bits per heavy atom.